The van der Waals surface area contributed by atoms with Gasteiger partial charge in [-0.2, -0.15) is 0 Å². The van der Waals surface area contributed by atoms with Gasteiger partial charge in [-0.15, -0.1) is 0 Å². The van der Waals surface area contributed by atoms with Crippen LogP contribution in [0.3, 0.4) is 0 Å². The first kappa shape index (κ1) is 12.7. The molecule has 0 atom stereocenters. The summed E-state index contributed by atoms with van der Waals surface area (Å²) in [5, 5.41) is 0.977. The van der Waals surface area contributed by atoms with Gasteiger partial charge >= 0.3 is 0 Å². The molecular formula is C12H9Cl2N3OS. The Morgan fingerprint density at radius 3 is 2.79 bits per heavy atom. The topological polar surface area (TPSA) is 46.8 Å². The number of hydrogen-bond donors (Lipinski definition) is 1. The number of hydrogen-bond acceptors (Lipinski definition) is 3. The summed E-state index contributed by atoms with van der Waals surface area (Å²) in [6.45, 7) is 2.30. The summed E-state index contributed by atoms with van der Waals surface area (Å²) in [5.74, 6) is 1.36. The van der Waals surface area contributed by atoms with Crippen molar-refractivity contribution in [3.05, 3.63) is 44.8 Å². The number of H-pyrrole nitrogens is 1. The summed E-state index contributed by atoms with van der Waals surface area (Å²) >= 11 is 17.3. The fourth-order valence-corrected chi connectivity index (χ4v) is 2.51. The lowest BCUT2D eigenvalue weighted by molar-refractivity contribution is 0.459. The van der Waals surface area contributed by atoms with Crippen molar-refractivity contribution in [1.29, 1.82) is 0 Å². The third kappa shape index (κ3) is 2.29. The summed E-state index contributed by atoms with van der Waals surface area (Å²) in [7, 11) is 0. The zero-order valence-electron chi connectivity index (χ0n) is 9.91. The quantitative estimate of drug-likeness (QED) is 0.715. The van der Waals surface area contributed by atoms with Gasteiger partial charge in [-0.1, -0.05) is 23.2 Å². The Morgan fingerprint density at radius 1 is 1.37 bits per heavy atom. The highest BCUT2D eigenvalue weighted by atomic mass is 35.5. The lowest BCUT2D eigenvalue weighted by atomic mass is 10.3. The number of imidazole rings is 1. The second-order valence-corrected chi connectivity index (χ2v) is 5.37. The molecular weight excluding hydrogens is 305 g/mol. The normalized spacial score (nSPS) is 11.3. The molecule has 0 amide bonds. The van der Waals surface area contributed by atoms with Crippen molar-refractivity contribution in [3.63, 3.8) is 0 Å². The Hall–Kier alpha value is -1.30. The standard InChI is InChI=1S/C12H9Cl2N3OS/c1-6-4-15-11(18-6)5-17-10-3-8(14)7(13)2-9(10)16-12(17)19/h2-4H,5H2,1H3,(H,16,19). The molecule has 0 bridgehead atoms. The van der Waals surface area contributed by atoms with E-state index in [0.717, 1.165) is 16.8 Å². The third-order valence-electron chi connectivity index (χ3n) is 2.78. The minimum Gasteiger partial charge on any atom is -0.444 e. The molecule has 1 N–H and O–H groups in total. The molecule has 0 saturated carbocycles. The molecule has 0 radical (unpaired) electrons. The van der Waals surface area contributed by atoms with Crippen molar-refractivity contribution in [2.24, 2.45) is 0 Å². The molecule has 0 spiro atoms. The van der Waals surface area contributed by atoms with Gasteiger partial charge in [0.25, 0.3) is 0 Å². The zero-order valence-corrected chi connectivity index (χ0v) is 12.2. The van der Waals surface area contributed by atoms with Gasteiger partial charge in [-0.3, -0.25) is 0 Å². The molecule has 3 aromatic rings. The average molecular weight is 314 g/mol. The monoisotopic (exact) mass is 313 g/mol. The largest absolute Gasteiger partial charge is 0.444 e. The first-order chi connectivity index (χ1) is 9.04. The van der Waals surface area contributed by atoms with Gasteiger partial charge in [0.2, 0.25) is 5.89 Å². The van der Waals surface area contributed by atoms with Gasteiger partial charge in [0, 0.05) is 0 Å². The first-order valence-corrected chi connectivity index (χ1v) is 6.70. The number of oxazole rings is 1. The highest BCUT2D eigenvalue weighted by Crippen LogP contribution is 2.28. The van der Waals surface area contributed by atoms with Crippen molar-refractivity contribution in [2.45, 2.75) is 13.5 Å². The third-order valence-corrected chi connectivity index (χ3v) is 3.82. The van der Waals surface area contributed by atoms with E-state index in [4.69, 9.17) is 39.8 Å². The summed E-state index contributed by atoms with van der Waals surface area (Å²) in [4.78, 5) is 7.26. The second-order valence-electron chi connectivity index (χ2n) is 4.16. The van der Waals surface area contributed by atoms with Crippen LogP contribution in [0.15, 0.2) is 22.7 Å². The predicted molar refractivity (Wildman–Crippen MR) is 77.5 cm³/mol. The van der Waals surface area contributed by atoms with Crippen molar-refractivity contribution in [3.8, 4) is 0 Å². The number of halogens is 2. The Kier molecular flexibility index (Phi) is 3.12. The SMILES string of the molecule is Cc1cnc(Cn2c(=S)[nH]c3cc(Cl)c(Cl)cc32)o1. The molecule has 2 heterocycles. The number of benzene rings is 1. The van der Waals surface area contributed by atoms with E-state index in [1.165, 1.54) is 0 Å². The molecule has 1 aromatic carbocycles. The number of nitrogens with zero attached hydrogens (tertiary/aromatic N) is 2. The highest BCUT2D eigenvalue weighted by molar-refractivity contribution is 7.71. The van der Waals surface area contributed by atoms with E-state index >= 15 is 0 Å². The Labute approximate surface area is 124 Å². The zero-order chi connectivity index (χ0) is 13.6. The van der Waals surface area contributed by atoms with E-state index in [9.17, 15) is 0 Å². The van der Waals surface area contributed by atoms with E-state index < -0.39 is 0 Å². The summed E-state index contributed by atoms with van der Waals surface area (Å²) in [6, 6.07) is 3.54. The van der Waals surface area contributed by atoms with Crippen LogP contribution in [0, 0.1) is 11.7 Å². The van der Waals surface area contributed by atoms with E-state index in [2.05, 4.69) is 9.97 Å². The van der Waals surface area contributed by atoms with Crippen LogP contribution in [0.4, 0.5) is 0 Å². The molecule has 0 aliphatic rings. The van der Waals surface area contributed by atoms with Crippen LogP contribution in [-0.4, -0.2) is 14.5 Å². The van der Waals surface area contributed by atoms with Crippen LogP contribution in [0.5, 0.6) is 0 Å². The van der Waals surface area contributed by atoms with Crippen LogP contribution in [0.25, 0.3) is 11.0 Å². The van der Waals surface area contributed by atoms with Crippen molar-refractivity contribution in [2.75, 3.05) is 0 Å². The van der Waals surface area contributed by atoms with Gasteiger partial charge in [0.05, 0.1) is 27.3 Å². The van der Waals surface area contributed by atoms with Crippen LogP contribution in [0.2, 0.25) is 10.0 Å². The highest BCUT2D eigenvalue weighted by Gasteiger charge is 2.10. The van der Waals surface area contributed by atoms with Crippen LogP contribution in [0.1, 0.15) is 11.7 Å². The number of aromatic amines is 1. The maximum absolute atomic E-state index is 6.04. The molecule has 0 unspecified atom stereocenters. The average Bonchev–Trinajstić information content (AvgIpc) is 2.87. The predicted octanol–water partition coefficient (Wildman–Crippen LogP) is 4.35. The first-order valence-electron chi connectivity index (χ1n) is 5.53. The molecule has 3 rings (SSSR count). The molecule has 2 aromatic heterocycles. The van der Waals surface area contributed by atoms with Gasteiger partial charge in [0.15, 0.2) is 4.77 Å². The molecule has 0 saturated heterocycles. The van der Waals surface area contributed by atoms with Gasteiger partial charge in [-0.05, 0) is 31.3 Å². The van der Waals surface area contributed by atoms with Crippen molar-refractivity contribution < 1.29 is 4.42 Å². The maximum Gasteiger partial charge on any atom is 0.214 e. The van der Waals surface area contributed by atoms with E-state index in [1.54, 1.807) is 18.3 Å². The molecule has 0 aliphatic carbocycles. The number of aryl methyl sites for hydroxylation is 1. The summed E-state index contributed by atoms with van der Waals surface area (Å²) < 4.78 is 7.91. The molecule has 19 heavy (non-hydrogen) atoms. The maximum atomic E-state index is 6.04. The van der Waals surface area contributed by atoms with Crippen LogP contribution >= 0.6 is 35.4 Å². The van der Waals surface area contributed by atoms with Gasteiger partial charge in [0.1, 0.15) is 12.3 Å². The summed E-state index contributed by atoms with van der Waals surface area (Å²) in [5.41, 5.74) is 1.71. The number of fused-ring (bicyclic) bond motifs is 1. The minimum absolute atomic E-state index is 0.449. The Morgan fingerprint density at radius 2 is 2.11 bits per heavy atom. The van der Waals surface area contributed by atoms with Gasteiger partial charge in [-0.25, -0.2) is 4.98 Å². The van der Waals surface area contributed by atoms with Crippen LogP contribution < -0.4 is 0 Å². The Bertz CT molecular complexity index is 818. The van der Waals surface area contributed by atoms with E-state index in [-0.39, 0.29) is 0 Å². The molecule has 0 fully saturated rings. The lowest BCUT2D eigenvalue weighted by Crippen LogP contribution is -1.99. The smallest absolute Gasteiger partial charge is 0.214 e. The number of rotatable bonds is 2. The van der Waals surface area contributed by atoms with Gasteiger partial charge < -0.3 is 14.0 Å². The van der Waals surface area contributed by atoms with Crippen molar-refractivity contribution in [1.82, 2.24) is 14.5 Å². The molecule has 4 nitrogen and oxygen atoms in total. The van der Waals surface area contributed by atoms with Crippen LogP contribution in [-0.2, 0) is 6.54 Å². The Balaban J connectivity index is 2.15. The number of nitrogens with one attached hydrogen (secondary N) is 1. The fraction of sp³-hybridized carbons (Fsp3) is 0.167. The summed E-state index contributed by atoms with van der Waals surface area (Å²) in [6.07, 6.45) is 1.68. The molecule has 98 valence electrons. The minimum atomic E-state index is 0.449. The van der Waals surface area contributed by atoms with Crippen molar-refractivity contribution >= 4 is 46.5 Å². The number of aromatic nitrogens is 3. The lowest BCUT2D eigenvalue weighted by Gasteiger charge is -2.02. The molecule has 0 aliphatic heterocycles. The second kappa shape index (κ2) is 4.67. The fourth-order valence-electron chi connectivity index (χ4n) is 1.92. The molecule has 7 heteroatoms. The van der Waals surface area contributed by atoms with E-state index in [1.807, 2.05) is 11.5 Å². The van der Waals surface area contributed by atoms with E-state index in [0.29, 0.717) is 27.3 Å².